The van der Waals surface area contributed by atoms with Gasteiger partial charge in [0.1, 0.15) is 0 Å². The van der Waals surface area contributed by atoms with Crippen LogP contribution in [0.4, 0.5) is 0 Å². The van der Waals surface area contributed by atoms with Gasteiger partial charge in [-0.05, 0) is 13.5 Å². The van der Waals surface area contributed by atoms with E-state index in [0.717, 1.165) is 18.7 Å². The van der Waals surface area contributed by atoms with Crippen LogP contribution in [0.1, 0.15) is 12.1 Å². The first kappa shape index (κ1) is 9.61. The summed E-state index contributed by atoms with van der Waals surface area (Å²) in [6.45, 7) is 1.49. The summed E-state index contributed by atoms with van der Waals surface area (Å²) in [6, 6.07) is 0.00800. The van der Waals surface area contributed by atoms with E-state index >= 15 is 0 Å². The summed E-state index contributed by atoms with van der Waals surface area (Å²) in [5, 5.41) is 5.00. The summed E-state index contributed by atoms with van der Waals surface area (Å²) < 4.78 is 0. The molecule has 76 valence electrons. The van der Waals surface area contributed by atoms with Crippen LogP contribution in [0.2, 0.25) is 0 Å². The maximum atomic E-state index is 11.7. The van der Waals surface area contributed by atoms with Crippen LogP contribution >= 0.6 is 11.3 Å². The molecule has 0 spiro atoms. The van der Waals surface area contributed by atoms with E-state index in [2.05, 4.69) is 10.3 Å². The number of hydrogen-bond acceptors (Lipinski definition) is 4. The van der Waals surface area contributed by atoms with E-state index in [1.165, 1.54) is 0 Å². The Bertz CT molecular complexity index is 312. The van der Waals surface area contributed by atoms with Gasteiger partial charge in [0.15, 0.2) is 0 Å². The van der Waals surface area contributed by atoms with Gasteiger partial charge in [-0.1, -0.05) is 0 Å². The van der Waals surface area contributed by atoms with Gasteiger partial charge in [0.05, 0.1) is 23.8 Å². The van der Waals surface area contributed by atoms with Gasteiger partial charge in [-0.15, -0.1) is 11.3 Å². The first-order valence-corrected chi connectivity index (χ1v) is 5.58. The van der Waals surface area contributed by atoms with Gasteiger partial charge in [-0.3, -0.25) is 4.79 Å². The normalized spacial score (nSPS) is 21.9. The van der Waals surface area contributed by atoms with Crippen LogP contribution in [0.15, 0.2) is 10.9 Å². The van der Waals surface area contributed by atoms with Crippen LogP contribution < -0.4 is 5.32 Å². The monoisotopic (exact) mass is 211 g/mol. The molecule has 1 unspecified atom stereocenters. The van der Waals surface area contributed by atoms with Crippen LogP contribution in [0.5, 0.6) is 0 Å². The van der Waals surface area contributed by atoms with E-state index in [1.54, 1.807) is 16.8 Å². The highest BCUT2D eigenvalue weighted by molar-refractivity contribution is 7.07. The van der Waals surface area contributed by atoms with Crippen molar-refractivity contribution in [2.24, 2.45) is 0 Å². The van der Waals surface area contributed by atoms with Crippen LogP contribution in [0, 0.1) is 0 Å². The fourth-order valence-electron chi connectivity index (χ4n) is 1.67. The maximum absolute atomic E-state index is 11.7. The van der Waals surface area contributed by atoms with E-state index in [0.29, 0.717) is 6.54 Å². The van der Waals surface area contributed by atoms with Crippen molar-refractivity contribution < 1.29 is 4.79 Å². The Balaban J connectivity index is 1.97. The van der Waals surface area contributed by atoms with Gasteiger partial charge < -0.3 is 10.2 Å². The van der Waals surface area contributed by atoms with Crippen LogP contribution in [0.3, 0.4) is 0 Å². The molecule has 1 aliphatic rings. The SMILES string of the molecule is CNC1CCN(Cc2cscn2)C1=O. The number of likely N-dealkylation sites (tertiary alicyclic amines) is 1. The predicted molar refractivity (Wildman–Crippen MR) is 55.0 cm³/mol. The second kappa shape index (κ2) is 4.06. The first-order chi connectivity index (χ1) is 6.81. The summed E-state index contributed by atoms with van der Waals surface area (Å²) in [7, 11) is 1.83. The van der Waals surface area contributed by atoms with Crippen molar-refractivity contribution in [2.75, 3.05) is 13.6 Å². The van der Waals surface area contributed by atoms with Crippen molar-refractivity contribution >= 4 is 17.2 Å². The highest BCUT2D eigenvalue weighted by Crippen LogP contribution is 2.14. The number of aromatic nitrogens is 1. The van der Waals surface area contributed by atoms with E-state index < -0.39 is 0 Å². The molecule has 1 N–H and O–H groups in total. The topological polar surface area (TPSA) is 45.2 Å². The lowest BCUT2D eigenvalue weighted by Crippen LogP contribution is -2.35. The van der Waals surface area contributed by atoms with Crippen molar-refractivity contribution in [3.05, 3.63) is 16.6 Å². The fourth-order valence-corrected chi connectivity index (χ4v) is 2.22. The van der Waals surface area contributed by atoms with Gasteiger partial charge in [0.2, 0.25) is 5.91 Å². The van der Waals surface area contributed by atoms with Crippen LogP contribution in [0.25, 0.3) is 0 Å². The number of thiazole rings is 1. The zero-order chi connectivity index (χ0) is 9.97. The Hall–Kier alpha value is -0.940. The molecule has 1 atom stereocenters. The largest absolute Gasteiger partial charge is 0.335 e. The maximum Gasteiger partial charge on any atom is 0.240 e. The molecule has 1 aliphatic heterocycles. The number of nitrogens with one attached hydrogen (secondary N) is 1. The lowest BCUT2D eigenvalue weighted by molar-refractivity contribution is -0.129. The predicted octanol–water partition coefficient (Wildman–Crippen LogP) is 0.463. The molecule has 0 saturated carbocycles. The lowest BCUT2D eigenvalue weighted by atomic mass is 10.3. The van der Waals surface area contributed by atoms with Crippen molar-refractivity contribution in [3.63, 3.8) is 0 Å². The molecule has 1 amide bonds. The summed E-state index contributed by atoms with van der Waals surface area (Å²) in [5.41, 5.74) is 2.78. The lowest BCUT2D eigenvalue weighted by Gasteiger charge is -2.14. The molecule has 5 heteroatoms. The van der Waals surface area contributed by atoms with E-state index in [-0.39, 0.29) is 11.9 Å². The zero-order valence-electron chi connectivity index (χ0n) is 8.06. The number of rotatable bonds is 3. The number of nitrogens with zero attached hydrogens (tertiary/aromatic N) is 2. The number of amides is 1. The molecule has 1 aromatic heterocycles. The highest BCUT2D eigenvalue weighted by Gasteiger charge is 2.30. The quantitative estimate of drug-likeness (QED) is 0.790. The minimum atomic E-state index is 0.00800. The molecule has 2 heterocycles. The minimum Gasteiger partial charge on any atom is -0.335 e. The van der Waals surface area contributed by atoms with Gasteiger partial charge in [0.25, 0.3) is 0 Å². The fraction of sp³-hybridized carbons (Fsp3) is 0.556. The summed E-state index contributed by atoms with van der Waals surface area (Å²) in [6.07, 6.45) is 0.902. The first-order valence-electron chi connectivity index (χ1n) is 4.64. The Labute approximate surface area is 86.9 Å². The summed E-state index contributed by atoms with van der Waals surface area (Å²) in [5.74, 6) is 0.195. The molecule has 1 aromatic rings. The zero-order valence-corrected chi connectivity index (χ0v) is 8.88. The molecule has 0 aromatic carbocycles. The number of likely N-dealkylation sites (N-methyl/N-ethyl adjacent to an activating group) is 1. The second-order valence-electron chi connectivity index (χ2n) is 3.37. The third kappa shape index (κ3) is 1.78. The number of carbonyl (C=O) groups is 1. The second-order valence-corrected chi connectivity index (χ2v) is 4.09. The van der Waals surface area contributed by atoms with E-state index in [4.69, 9.17) is 0 Å². The Kier molecular flexibility index (Phi) is 2.79. The Morgan fingerprint density at radius 3 is 3.21 bits per heavy atom. The van der Waals surface area contributed by atoms with Gasteiger partial charge in [-0.2, -0.15) is 0 Å². The average molecular weight is 211 g/mol. The van der Waals surface area contributed by atoms with Crippen LogP contribution in [-0.4, -0.2) is 35.4 Å². The Morgan fingerprint density at radius 1 is 1.79 bits per heavy atom. The molecule has 0 bridgehead atoms. The molecule has 1 fully saturated rings. The van der Waals surface area contributed by atoms with Crippen molar-refractivity contribution in [2.45, 2.75) is 19.0 Å². The van der Waals surface area contributed by atoms with E-state index in [9.17, 15) is 4.79 Å². The molecule has 0 aliphatic carbocycles. The summed E-state index contributed by atoms with van der Waals surface area (Å²) in [4.78, 5) is 17.7. The van der Waals surface area contributed by atoms with Crippen molar-refractivity contribution in [3.8, 4) is 0 Å². The molecule has 2 rings (SSSR count). The molecule has 4 nitrogen and oxygen atoms in total. The molecular formula is C9H13N3OS. The molecule has 1 saturated heterocycles. The van der Waals surface area contributed by atoms with E-state index in [1.807, 2.05) is 17.3 Å². The summed E-state index contributed by atoms with van der Waals surface area (Å²) >= 11 is 1.57. The van der Waals surface area contributed by atoms with Crippen molar-refractivity contribution in [1.29, 1.82) is 0 Å². The molecule has 0 radical (unpaired) electrons. The van der Waals surface area contributed by atoms with Gasteiger partial charge in [0, 0.05) is 11.9 Å². The average Bonchev–Trinajstić information content (AvgIpc) is 2.79. The number of hydrogen-bond donors (Lipinski definition) is 1. The Morgan fingerprint density at radius 2 is 2.64 bits per heavy atom. The molecule has 14 heavy (non-hydrogen) atoms. The third-order valence-electron chi connectivity index (χ3n) is 2.48. The standard InChI is InChI=1S/C9H13N3OS/c1-10-8-2-3-12(9(8)13)4-7-5-14-6-11-7/h5-6,8,10H,2-4H2,1H3. The third-order valence-corrected chi connectivity index (χ3v) is 3.12. The molecular weight excluding hydrogens is 198 g/mol. The minimum absolute atomic E-state index is 0.00800. The number of carbonyl (C=O) groups excluding carboxylic acids is 1. The van der Waals surface area contributed by atoms with Gasteiger partial charge in [-0.25, -0.2) is 4.98 Å². The highest BCUT2D eigenvalue weighted by atomic mass is 32.1. The smallest absolute Gasteiger partial charge is 0.240 e. The van der Waals surface area contributed by atoms with Crippen molar-refractivity contribution in [1.82, 2.24) is 15.2 Å². The van der Waals surface area contributed by atoms with Gasteiger partial charge >= 0.3 is 0 Å². The van der Waals surface area contributed by atoms with Crippen LogP contribution in [-0.2, 0) is 11.3 Å².